The monoisotopic (exact) mass is 256 g/mol. The molecule has 1 heterocycles. The quantitative estimate of drug-likeness (QED) is 0.451. The maximum atomic E-state index is 12.0. The van der Waals surface area contributed by atoms with Gasteiger partial charge in [0.2, 0.25) is 5.75 Å². The number of hydrogen-bond acceptors (Lipinski definition) is 3. The topological polar surface area (TPSA) is 39.4 Å². The summed E-state index contributed by atoms with van der Waals surface area (Å²) in [5.41, 5.74) is 0.950. The number of ether oxygens (including phenoxy) is 1. The van der Waals surface area contributed by atoms with Gasteiger partial charge in [-0.1, -0.05) is 30.4 Å². The second kappa shape index (κ2) is 6.05. The Balaban J connectivity index is 2.56. The van der Waals surface area contributed by atoms with Crippen LogP contribution in [0.5, 0.6) is 5.75 Å². The van der Waals surface area contributed by atoms with Crippen LogP contribution in [0.2, 0.25) is 0 Å². The molecule has 0 aliphatic carbocycles. The molecular formula is C16H16O3. The second-order valence-corrected chi connectivity index (χ2v) is 4.11. The van der Waals surface area contributed by atoms with E-state index in [4.69, 9.17) is 9.15 Å². The van der Waals surface area contributed by atoms with Gasteiger partial charge in [0.25, 0.3) is 0 Å². The van der Waals surface area contributed by atoms with Gasteiger partial charge in [-0.15, -0.1) is 13.2 Å². The molecule has 0 spiro atoms. The van der Waals surface area contributed by atoms with E-state index in [1.807, 2.05) is 18.2 Å². The van der Waals surface area contributed by atoms with Crippen LogP contribution >= 0.6 is 0 Å². The van der Waals surface area contributed by atoms with E-state index >= 15 is 0 Å². The molecule has 0 atom stereocenters. The van der Waals surface area contributed by atoms with E-state index in [2.05, 4.69) is 13.2 Å². The maximum absolute atomic E-state index is 12.0. The van der Waals surface area contributed by atoms with Crippen molar-refractivity contribution in [2.24, 2.45) is 0 Å². The molecule has 0 fully saturated rings. The summed E-state index contributed by atoms with van der Waals surface area (Å²) in [4.78, 5) is 12.0. The van der Waals surface area contributed by atoms with Crippen molar-refractivity contribution < 1.29 is 9.15 Å². The van der Waals surface area contributed by atoms with Gasteiger partial charge in [0.15, 0.2) is 0 Å². The lowest BCUT2D eigenvalue weighted by Crippen LogP contribution is -2.11. The average Bonchev–Trinajstić information content (AvgIpc) is 2.42. The molecule has 0 aliphatic rings. The fourth-order valence-electron chi connectivity index (χ4n) is 1.93. The van der Waals surface area contributed by atoms with Crippen LogP contribution in [0.3, 0.4) is 0 Å². The predicted molar refractivity (Wildman–Crippen MR) is 76.7 cm³/mol. The van der Waals surface area contributed by atoms with Gasteiger partial charge in [0.1, 0.15) is 5.58 Å². The number of hydrogen-bond donors (Lipinski definition) is 0. The van der Waals surface area contributed by atoms with Crippen molar-refractivity contribution in [1.82, 2.24) is 0 Å². The van der Waals surface area contributed by atoms with Crippen LogP contribution in [-0.4, -0.2) is 6.61 Å². The summed E-state index contributed by atoms with van der Waals surface area (Å²) in [6.07, 6.45) is 4.74. The Morgan fingerprint density at radius 1 is 1.21 bits per heavy atom. The number of rotatable bonds is 6. The summed E-state index contributed by atoms with van der Waals surface area (Å²) in [5, 5.41) is 0.885. The van der Waals surface area contributed by atoms with Crippen LogP contribution in [0.15, 0.2) is 58.8 Å². The molecule has 0 saturated heterocycles. The molecule has 3 heteroatoms. The number of fused-ring (bicyclic) bond motifs is 1. The molecule has 1 aromatic heterocycles. The third-order valence-corrected chi connectivity index (χ3v) is 2.79. The first-order valence-electron chi connectivity index (χ1n) is 6.17. The van der Waals surface area contributed by atoms with Gasteiger partial charge < -0.3 is 9.15 Å². The molecule has 0 radical (unpaired) electrons. The summed E-state index contributed by atoms with van der Waals surface area (Å²) < 4.78 is 10.8. The SMILES string of the molecule is C=CCCOc1c(CC=C)c2ccccc2oc1=O. The van der Waals surface area contributed by atoms with Crippen LogP contribution in [-0.2, 0) is 6.42 Å². The first-order valence-corrected chi connectivity index (χ1v) is 6.17. The molecule has 98 valence electrons. The standard InChI is InChI=1S/C16H16O3/c1-3-5-11-18-15-13(8-4-2)12-9-6-7-10-14(12)19-16(15)17/h3-4,6-7,9-10H,1-2,5,8,11H2. The van der Waals surface area contributed by atoms with Gasteiger partial charge >= 0.3 is 5.63 Å². The van der Waals surface area contributed by atoms with Crippen molar-refractivity contribution in [3.63, 3.8) is 0 Å². The highest BCUT2D eigenvalue weighted by Gasteiger charge is 2.14. The molecule has 2 rings (SSSR count). The molecule has 19 heavy (non-hydrogen) atoms. The van der Waals surface area contributed by atoms with E-state index in [1.54, 1.807) is 18.2 Å². The summed E-state index contributed by atoms with van der Waals surface area (Å²) in [6.45, 7) is 7.76. The predicted octanol–water partition coefficient (Wildman–Crippen LogP) is 3.48. The zero-order valence-electron chi connectivity index (χ0n) is 10.7. The first kappa shape index (κ1) is 13.1. The fraction of sp³-hybridized carbons (Fsp3) is 0.188. The Labute approximate surface area is 111 Å². The summed E-state index contributed by atoms with van der Waals surface area (Å²) in [6, 6.07) is 7.43. The third kappa shape index (κ3) is 2.76. The van der Waals surface area contributed by atoms with E-state index in [0.717, 1.165) is 10.9 Å². The summed E-state index contributed by atoms with van der Waals surface area (Å²) in [7, 11) is 0. The lowest BCUT2D eigenvalue weighted by molar-refractivity contribution is 0.306. The number of para-hydroxylation sites is 1. The lowest BCUT2D eigenvalue weighted by atomic mass is 10.1. The molecule has 0 saturated carbocycles. The van der Waals surface area contributed by atoms with Crippen molar-refractivity contribution in [3.05, 3.63) is 65.6 Å². The van der Waals surface area contributed by atoms with Crippen LogP contribution in [0, 0.1) is 0 Å². The minimum atomic E-state index is -0.445. The van der Waals surface area contributed by atoms with Crippen LogP contribution in [0.4, 0.5) is 0 Å². The van der Waals surface area contributed by atoms with Gasteiger partial charge in [0.05, 0.1) is 6.61 Å². The molecular weight excluding hydrogens is 240 g/mol. The van der Waals surface area contributed by atoms with Gasteiger partial charge in [0, 0.05) is 10.9 Å². The highest BCUT2D eigenvalue weighted by Crippen LogP contribution is 2.25. The molecule has 1 aromatic carbocycles. The van der Waals surface area contributed by atoms with Gasteiger partial charge in [-0.2, -0.15) is 0 Å². The van der Waals surface area contributed by atoms with Crippen LogP contribution in [0.25, 0.3) is 11.0 Å². The highest BCUT2D eigenvalue weighted by molar-refractivity contribution is 5.82. The van der Waals surface area contributed by atoms with Crippen molar-refractivity contribution in [1.29, 1.82) is 0 Å². The molecule has 0 unspecified atom stereocenters. The third-order valence-electron chi connectivity index (χ3n) is 2.79. The Kier molecular flexibility index (Phi) is 4.18. The zero-order valence-corrected chi connectivity index (χ0v) is 10.7. The molecule has 0 amide bonds. The Bertz CT molecular complexity index is 653. The zero-order chi connectivity index (χ0) is 13.7. The normalized spacial score (nSPS) is 10.3. The fourth-order valence-corrected chi connectivity index (χ4v) is 1.93. The van der Waals surface area contributed by atoms with Gasteiger partial charge in [-0.3, -0.25) is 0 Å². The molecule has 3 nitrogen and oxygen atoms in total. The van der Waals surface area contributed by atoms with Crippen LogP contribution in [0.1, 0.15) is 12.0 Å². The smallest absolute Gasteiger partial charge is 0.379 e. The second-order valence-electron chi connectivity index (χ2n) is 4.11. The summed E-state index contributed by atoms with van der Waals surface area (Å²) in [5.74, 6) is 0.278. The molecule has 0 N–H and O–H groups in total. The Morgan fingerprint density at radius 3 is 2.74 bits per heavy atom. The highest BCUT2D eigenvalue weighted by atomic mass is 16.5. The van der Waals surface area contributed by atoms with E-state index in [9.17, 15) is 4.79 Å². The first-order chi connectivity index (χ1) is 9.27. The summed E-state index contributed by atoms with van der Waals surface area (Å²) >= 11 is 0. The lowest BCUT2D eigenvalue weighted by Gasteiger charge is -2.10. The van der Waals surface area contributed by atoms with Crippen molar-refractivity contribution in [2.45, 2.75) is 12.8 Å². The number of benzene rings is 1. The van der Waals surface area contributed by atoms with Crippen molar-refractivity contribution in [3.8, 4) is 5.75 Å². The minimum absolute atomic E-state index is 0.278. The van der Waals surface area contributed by atoms with E-state index < -0.39 is 5.63 Å². The average molecular weight is 256 g/mol. The van der Waals surface area contributed by atoms with Crippen LogP contribution < -0.4 is 10.4 Å². The van der Waals surface area contributed by atoms with E-state index in [1.165, 1.54) is 0 Å². The Morgan fingerprint density at radius 2 is 2.00 bits per heavy atom. The van der Waals surface area contributed by atoms with E-state index in [0.29, 0.717) is 25.0 Å². The van der Waals surface area contributed by atoms with Crippen molar-refractivity contribution in [2.75, 3.05) is 6.61 Å². The van der Waals surface area contributed by atoms with E-state index in [-0.39, 0.29) is 5.75 Å². The van der Waals surface area contributed by atoms with Gasteiger partial charge in [-0.05, 0) is 18.9 Å². The van der Waals surface area contributed by atoms with Gasteiger partial charge in [-0.25, -0.2) is 4.79 Å². The van der Waals surface area contributed by atoms with Crippen molar-refractivity contribution >= 4 is 11.0 Å². The molecule has 2 aromatic rings. The maximum Gasteiger partial charge on any atom is 0.379 e. The minimum Gasteiger partial charge on any atom is -0.486 e. The number of allylic oxidation sites excluding steroid dienone is 1. The molecule has 0 aliphatic heterocycles. The Hall–Kier alpha value is -2.29. The molecule has 0 bridgehead atoms. The largest absolute Gasteiger partial charge is 0.486 e.